The van der Waals surface area contributed by atoms with Crippen molar-refractivity contribution in [2.45, 2.75) is 12.1 Å². The Balaban J connectivity index is 2.34. The van der Waals surface area contributed by atoms with Crippen LogP contribution in [0, 0.1) is 17.1 Å². The van der Waals surface area contributed by atoms with Crippen molar-refractivity contribution in [2.75, 3.05) is 12.3 Å². The van der Waals surface area contributed by atoms with Crippen LogP contribution < -0.4 is 5.32 Å². The van der Waals surface area contributed by atoms with E-state index in [2.05, 4.69) is 5.32 Å². The number of thioether (sulfide) groups is 1. The lowest BCUT2D eigenvalue weighted by atomic mass is 10.1. The number of hydrogen-bond acceptors (Lipinski definition) is 3. The molecule has 1 N–H and O–H groups in total. The van der Waals surface area contributed by atoms with Crippen LogP contribution in [0.3, 0.4) is 0 Å². The van der Waals surface area contributed by atoms with Crippen LogP contribution in [0.25, 0.3) is 0 Å². The number of nitrogens with one attached hydrogen (secondary N) is 1. The Morgan fingerprint density at radius 1 is 1.33 bits per heavy atom. The van der Waals surface area contributed by atoms with Crippen molar-refractivity contribution in [3.63, 3.8) is 0 Å². The van der Waals surface area contributed by atoms with Crippen LogP contribution in [-0.2, 0) is 6.54 Å². The van der Waals surface area contributed by atoms with Gasteiger partial charge in [-0.05, 0) is 29.5 Å². The maximum atomic E-state index is 13.0. The molecule has 0 spiro atoms. The second-order valence-electron chi connectivity index (χ2n) is 3.40. The number of nitrogens with zero attached hydrogens (tertiary/aromatic N) is 1. The van der Waals surface area contributed by atoms with E-state index < -0.39 is 11.3 Å². The van der Waals surface area contributed by atoms with Crippen LogP contribution in [0.15, 0.2) is 18.2 Å². The first-order valence-corrected chi connectivity index (χ1v) is 6.01. The van der Waals surface area contributed by atoms with E-state index in [1.54, 1.807) is 6.07 Å². The average Bonchev–Trinajstić information content (AvgIpc) is 2.29. The van der Waals surface area contributed by atoms with E-state index >= 15 is 0 Å². The van der Waals surface area contributed by atoms with Crippen LogP contribution in [-0.4, -0.2) is 17.8 Å². The van der Waals surface area contributed by atoms with E-state index in [9.17, 15) is 17.6 Å². The lowest BCUT2D eigenvalue weighted by molar-refractivity contribution is -0.0327. The first-order valence-electron chi connectivity index (χ1n) is 5.02. The highest BCUT2D eigenvalue weighted by Gasteiger charge is 2.27. The summed E-state index contributed by atoms with van der Waals surface area (Å²) in [5.41, 5.74) is -3.63. The molecule has 18 heavy (non-hydrogen) atoms. The molecule has 98 valence electrons. The molecule has 0 fully saturated rings. The van der Waals surface area contributed by atoms with Crippen molar-refractivity contribution in [3.8, 4) is 6.07 Å². The third kappa shape index (κ3) is 5.38. The summed E-state index contributed by atoms with van der Waals surface area (Å²) in [6.45, 7) is 0.483. The van der Waals surface area contributed by atoms with Gasteiger partial charge in [0.05, 0.1) is 5.56 Å². The predicted molar refractivity (Wildman–Crippen MR) is 61.3 cm³/mol. The fourth-order valence-electron chi connectivity index (χ4n) is 1.24. The maximum absolute atomic E-state index is 13.0. The fraction of sp³-hybridized carbons (Fsp3) is 0.364. The quantitative estimate of drug-likeness (QED) is 0.664. The molecule has 7 heteroatoms. The molecule has 0 radical (unpaired) electrons. The summed E-state index contributed by atoms with van der Waals surface area (Å²) >= 11 is -0.0960. The van der Waals surface area contributed by atoms with Crippen LogP contribution >= 0.6 is 11.8 Å². The Morgan fingerprint density at radius 2 is 2.06 bits per heavy atom. The minimum absolute atomic E-state index is 0.0704. The molecule has 0 amide bonds. The van der Waals surface area contributed by atoms with Crippen molar-refractivity contribution in [1.29, 1.82) is 5.26 Å². The molecule has 1 rings (SSSR count). The van der Waals surface area contributed by atoms with E-state index in [0.717, 1.165) is 0 Å². The lowest BCUT2D eigenvalue weighted by Crippen LogP contribution is -2.18. The minimum atomic E-state index is -4.22. The van der Waals surface area contributed by atoms with Gasteiger partial charge in [0.2, 0.25) is 0 Å². The van der Waals surface area contributed by atoms with Crippen molar-refractivity contribution in [1.82, 2.24) is 5.32 Å². The third-order valence-electron chi connectivity index (χ3n) is 2.02. The minimum Gasteiger partial charge on any atom is -0.312 e. The van der Waals surface area contributed by atoms with Gasteiger partial charge in [0.15, 0.2) is 0 Å². The fourth-order valence-corrected chi connectivity index (χ4v) is 1.72. The van der Waals surface area contributed by atoms with Gasteiger partial charge < -0.3 is 5.32 Å². The third-order valence-corrected chi connectivity index (χ3v) is 2.76. The topological polar surface area (TPSA) is 35.8 Å². The second kappa shape index (κ2) is 6.61. The molecule has 1 aromatic rings. The smallest absolute Gasteiger partial charge is 0.312 e. The highest BCUT2D eigenvalue weighted by atomic mass is 32.2. The highest BCUT2D eigenvalue weighted by Crippen LogP contribution is 2.29. The van der Waals surface area contributed by atoms with Gasteiger partial charge in [0, 0.05) is 18.8 Å². The maximum Gasteiger partial charge on any atom is 0.441 e. The molecule has 2 nitrogen and oxygen atoms in total. The number of hydrogen-bond donors (Lipinski definition) is 1. The molecule has 0 bridgehead atoms. The Kier molecular flexibility index (Phi) is 5.44. The second-order valence-corrected chi connectivity index (χ2v) is 4.56. The lowest BCUT2D eigenvalue weighted by Gasteiger charge is -2.07. The molecule has 0 saturated heterocycles. The Bertz CT molecular complexity index is 440. The standard InChI is InChI=1S/C11H10F4N2S/c12-10-2-1-8(5-9(10)6-16)7-17-3-4-18-11(13,14)15/h1-2,5,17H,3-4,7H2. The van der Waals surface area contributed by atoms with E-state index in [-0.39, 0.29) is 29.6 Å². The molecule has 0 unspecified atom stereocenters. The van der Waals surface area contributed by atoms with Crippen molar-refractivity contribution in [3.05, 3.63) is 35.1 Å². The van der Waals surface area contributed by atoms with E-state index in [0.29, 0.717) is 12.1 Å². The number of halogens is 4. The van der Waals surface area contributed by atoms with Gasteiger partial charge in [0.1, 0.15) is 11.9 Å². The largest absolute Gasteiger partial charge is 0.441 e. The summed E-state index contributed by atoms with van der Waals surface area (Å²) < 4.78 is 48.4. The SMILES string of the molecule is N#Cc1cc(CNCCSC(F)(F)F)ccc1F. The van der Waals surface area contributed by atoms with Crippen LogP contribution in [0.5, 0.6) is 0 Å². The number of rotatable bonds is 5. The van der Waals surface area contributed by atoms with Gasteiger partial charge in [0.25, 0.3) is 0 Å². The van der Waals surface area contributed by atoms with Gasteiger partial charge in [-0.2, -0.15) is 18.4 Å². The van der Waals surface area contributed by atoms with Crippen molar-refractivity contribution in [2.24, 2.45) is 0 Å². The van der Waals surface area contributed by atoms with Gasteiger partial charge in [-0.25, -0.2) is 4.39 Å². The van der Waals surface area contributed by atoms with E-state index in [1.807, 2.05) is 0 Å². The van der Waals surface area contributed by atoms with Gasteiger partial charge in [-0.3, -0.25) is 0 Å². The van der Waals surface area contributed by atoms with E-state index in [1.165, 1.54) is 18.2 Å². The van der Waals surface area contributed by atoms with Crippen LogP contribution in [0.1, 0.15) is 11.1 Å². The van der Waals surface area contributed by atoms with E-state index in [4.69, 9.17) is 5.26 Å². The zero-order valence-electron chi connectivity index (χ0n) is 9.22. The number of benzene rings is 1. The molecule has 0 saturated carbocycles. The zero-order chi connectivity index (χ0) is 13.6. The predicted octanol–water partition coefficient (Wildman–Crippen LogP) is 3.04. The molecule has 0 atom stereocenters. The first kappa shape index (κ1) is 14.8. The molecular weight excluding hydrogens is 268 g/mol. The Morgan fingerprint density at radius 3 is 2.67 bits per heavy atom. The summed E-state index contributed by atoms with van der Waals surface area (Å²) in [6, 6.07) is 5.73. The summed E-state index contributed by atoms with van der Waals surface area (Å²) in [5, 5.41) is 11.4. The molecule has 0 aromatic heterocycles. The number of nitriles is 1. The molecular formula is C11H10F4N2S. The van der Waals surface area contributed by atoms with Crippen LogP contribution in [0.4, 0.5) is 17.6 Å². The highest BCUT2D eigenvalue weighted by molar-refractivity contribution is 8.00. The molecule has 0 heterocycles. The van der Waals surface area contributed by atoms with Gasteiger partial charge in [-0.15, -0.1) is 0 Å². The number of alkyl halides is 3. The summed E-state index contributed by atoms with van der Waals surface area (Å²) in [7, 11) is 0. The molecule has 1 aromatic carbocycles. The summed E-state index contributed by atoms with van der Waals surface area (Å²) in [6.07, 6.45) is 0. The first-order chi connectivity index (χ1) is 8.42. The van der Waals surface area contributed by atoms with Crippen molar-refractivity contribution >= 4 is 11.8 Å². The molecule has 0 aliphatic carbocycles. The Hall–Kier alpha value is -1.26. The normalized spacial score (nSPS) is 11.3. The Labute approximate surface area is 106 Å². The van der Waals surface area contributed by atoms with Crippen molar-refractivity contribution < 1.29 is 17.6 Å². The molecule has 0 aliphatic rings. The summed E-state index contributed by atoms with van der Waals surface area (Å²) in [5.74, 6) is -0.690. The monoisotopic (exact) mass is 278 g/mol. The van der Waals surface area contributed by atoms with Gasteiger partial charge >= 0.3 is 5.51 Å². The van der Waals surface area contributed by atoms with Gasteiger partial charge in [-0.1, -0.05) is 6.07 Å². The molecule has 0 aliphatic heterocycles. The van der Waals surface area contributed by atoms with Crippen LogP contribution in [0.2, 0.25) is 0 Å². The zero-order valence-corrected chi connectivity index (χ0v) is 10.0. The summed E-state index contributed by atoms with van der Waals surface area (Å²) in [4.78, 5) is 0. The average molecular weight is 278 g/mol.